The summed E-state index contributed by atoms with van der Waals surface area (Å²) in [5, 5.41) is 23.1. The van der Waals surface area contributed by atoms with Gasteiger partial charge in [-0.1, -0.05) is 62.7 Å². The highest BCUT2D eigenvalue weighted by molar-refractivity contribution is 7.13. The van der Waals surface area contributed by atoms with E-state index in [0.29, 0.717) is 78.8 Å². The average Bonchev–Trinajstić information content (AvgIpc) is 4.04. The lowest BCUT2D eigenvalue weighted by atomic mass is 9.85. The molecule has 3 aromatic carbocycles. The Morgan fingerprint density at radius 1 is 0.948 bits per heavy atom. The summed E-state index contributed by atoms with van der Waals surface area (Å²) < 4.78 is 19.3. The van der Waals surface area contributed by atoms with Crippen LogP contribution < -0.4 is 26.0 Å². The first-order chi connectivity index (χ1) is 36.9. The van der Waals surface area contributed by atoms with Gasteiger partial charge in [-0.3, -0.25) is 33.8 Å². The number of nitrogens with one attached hydrogen (secondary N) is 4. The number of piperazine rings is 1. The minimum Gasteiger partial charge on any atom is -0.494 e. The summed E-state index contributed by atoms with van der Waals surface area (Å²) in [6, 6.07) is 14.2. The number of fused-ring (bicyclic) bond motifs is 1. The Morgan fingerprint density at radius 2 is 1.69 bits per heavy atom. The number of unbranched alkanes of at least 4 members (excludes halogenated alkanes) is 1. The highest BCUT2D eigenvalue weighted by Gasteiger charge is 2.44. The molecule has 18 nitrogen and oxygen atoms in total. The van der Waals surface area contributed by atoms with Crippen LogP contribution in [0, 0.1) is 18.2 Å². The summed E-state index contributed by atoms with van der Waals surface area (Å²) in [6.45, 7) is 13.0. The van der Waals surface area contributed by atoms with E-state index in [2.05, 4.69) is 46.0 Å². The van der Waals surface area contributed by atoms with Crippen LogP contribution in [-0.2, 0) is 30.5 Å². The quantitative estimate of drug-likeness (QED) is 0.0414. The number of aryl methyl sites for hydroxylation is 1. The molecular formula is C56H69ClFN11O7S. The van der Waals surface area contributed by atoms with Crippen LogP contribution in [0.4, 0.5) is 21.6 Å². The number of aromatic nitrogens is 3. The van der Waals surface area contributed by atoms with Crippen LogP contribution in [0.2, 0.25) is 5.02 Å². The molecule has 3 saturated heterocycles. The van der Waals surface area contributed by atoms with E-state index in [-0.39, 0.29) is 54.6 Å². The fourth-order valence-corrected chi connectivity index (χ4v) is 11.2. The van der Waals surface area contributed by atoms with Crippen molar-refractivity contribution in [3.8, 4) is 16.2 Å². The molecule has 410 valence electrons. The summed E-state index contributed by atoms with van der Waals surface area (Å²) in [4.78, 5) is 89.6. The number of aliphatic hydroxyl groups is 1. The van der Waals surface area contributed by atoms with Crippen LogP contribution in [0.25, 0.3) is 21.3 Å². The third kappa shape index (κ3) is 14.7. The number of nitrogens with zero attached hydrogens (tertiary/aromatic N) is 7. The number of rotatable bonds is 19. The number of halogens is 2. The number of likely N-dealkylation sites (tertiary alicyclic amines) is 2. The molecule has 0 radical (unpaired) electrons. The molecule has 0 aliphatic carbocycles. The van der Waals surface area contributed by atoms with E-state index in [4.69, 9.17) is 16.3 Å². The molecule has 77 heavy (non-hydrogen) atoms. The van der Waals surface area contributed by atoms with E-state index in [1.807, 2.05) is 68.4 Å². The maximum absolute atomic E-state index is 14.1. The number of hydrogen-bond donors (Lipinski definition) is 5. The lowest BCUT2D eigenvalue weighted by Gasteiger charge is -2.42. The first kappa shape index (κ1) is 56.6. The molecule has 3 aliphatic heterocycles. The summed E-state index contributed by atoms with van der Waals surface area (Å²) >= 11 is 7.56. The molecule has 21 heteroatoms. The van der Waals surface area contributed by atoms with Gasteiger partial charge >= 0.3 is 0 Å². The molecule has 3 aliphatic rings. The molecule has 5 amide bonds. The van der Waals surface area contributed by atoms with Crippen molar-refractivity contribution >= 4 is 80.6 Å². The Kier molecular flexibility index (Phi) is 18.9. The zero-order chi connectivity index (χ0) is 54.8. The molecule has 0 bridgehead atoms. The smallest absolute Gasteiger partial charge is 0.248 e. The van der Waals surface area contributed by atoms with Crippen molar-refractivity contribution in [3.05, 3.63) is 101 Å². The number of aliphatic hydroxyl groups excluding tert-OH is 1. The Labute approximate surface area is 457 Å². The van der Waals surface area contributed by atoms with Crippen molar-refractivity contribution < 1.29 is 38.2 Å². The molecule has 8 rings (SSSR count). The molecule has 5 aromatic rings. The predicted molar refractivity (Wildman–Crippen MR) is 296 cm³/mol. The van der Waals surface area contributed by atoms with E-state index in [9.17, 15) is 33.5 Å². The van der Waals surface area contributed by atoms with Crippen molar-refractivity contribution in [1.82, 2.24) is 45.2 Å². The van der Waals surface area contributed by atoms with Gasteiger partial charge in [-0.15, -0.1) is 11.3 Å². The van der Waals surface area contributed by atoms with Gasteiger partial charge in [0.2, 0.25) is 29.5 Å². The molecule has 5 heterocycles. The van der Waals surface area contributed by atoms with Gasteiger partial charge < -0.3 is 40.9 Å². The van der Waals surface area contributed by atoms with Gasteiger partial charge in [-0.05, 0) is 86.5 Å². The van der Waals surface area contributed by atoms with Gasteiger partial charge in [0.05, 0.1) is 45.5 Å². The van der Waals surface area contributed by atoms with Crippen molar-refractivity contribution in [2.75, 3.05) is 70.1 Å². The standard InChI is InChI=1S/C56H69ClFN11O7S/c1-35-51(77-34-62-35)37-14-12-36(13-15-37)31-59-54(74)46-28-40(70)32-69(46)55(75)52(56(2,3)4)65-49(72)9-6-7-11-50(73)68-25-23-67(24-26-68)39-18-21-66(22-19-39)20-8-10-48(71)64-45-29-41-44(30-47(45)76-5)60-33-61-53(41)63-38-16-17-43(58)42(57)27-38/h8,10,12-17,27,29-30,33-34,39-40,46,52,70H,6-7,9,11,18-26,28,31-32H2,1-5H3,(H,59,74)(H,64,71)(H,65,72)(H,60,61,63)/b10-8+/t40-,46+,52-/m1/s1. The number of ether oxygens (including phenoxy) is 1. The molecule has 3 atom stereocenters. The largest absolute Gasteiger partial charge is 0.494 e. The number of anilines is 3. The fourth-order valence-electron chi connectivity index (χ4n) is 10.2. The Balaban J connectivity index is 0.720. The number of thiazole rings is 1. The molecule has 2 aromatic heterocycles. The highest BCUT2D eigenvalue weighted by Crippen LogP contribution is 2.34. The second-order valence-electron chi connectivity index (χ2n) is 21.0. The third-order valence-corrected chi connectivity index (χ3v) is 15.8. The van der Waals surface area contributed by atoms with E-state index in [1.54, 1.807) is 29.5 Å². The zero-order valence-electron chi connectivity index (χ0n) is 44.3. The minimum absolute atomic E-state index is 0.00941. The zero-order valence-corrected chi connectivity index (χ0v) is 45.9. The second kappa shape index (κ2) is 25.7. The monoisotopic (exact) mass is 1090 g/mol. The van der Waals surface area contributed by atoms with E-state index < -0.39 is 35.3 Å². The topological polar surface area (TPSA) is 215 Å². The van der Waals surface area contributed by atoms with Crippen molar-refractivity contribution in [3.63, 3.8) is 0 Å². The minimum atomic E-state index is -0.929. The van der Waals surface area contributed by atoms with Crippen LogP contribution in [-0.4, -0.2) is 153 Å². The molecule has 0 unspecified atom stereocenters. The number of methoxy groups -OCH3 is 1. The summed E-state index contributed by atoms with van der Waals surface area (Å²) in [7, 11) is 1.51. The maximum atomic E-state index is 14.1. The van der Waals surface area contributed by atoms with Crippen molar-refractivity contribution in [1.29, 1.82) is 0 Å². The van der Waals surface area contributed by atoms with Gasteiger partial charge in [0.25, 0.3) is 0 Å². The first-order valence-corrected chi connectivity index (χ1v) is 27.5. The van der Waals surface area contributed by atoms with Gasteiger partial charge in [0.15, 0.2) is 0 Å². The van der Waals surface area contributed by atoms with Crippen LogP contribution in [0.3, 0.4) is 0 Å². The molecule has 0 saturated carbocycles. The molecule has 5 N–H and O–H groups in total. The van der Waals surface area contributed by atoms with Crippen LogP contribution in [0.1, 0.15) is 77.0 Å². The lowest BCUT2D eigenvalue weighted by Crippen LogP contribution is -2.57. The van der Waals surface area contributed by atoms with E-state index >= 15 is 0 Å². The van der Waals surface area contributed by atoms with E-state index in [1.165, 1.54) is 36.5 Å². The van der Waals surface area contributed by atoms with Gasteiger partial charge in [0.1, 0.15) is 35.8 Å². The Morgan fingerprint density at radius 3 is 2.38 bits per heavy atom. The molecule has 3 fully saturated rings. The number of piperidine rings is 1. The molecular weight excluding hydrogens is 1030 g/mol. The predicted octanol–water partition coefficient (Wildman–Crippen LogP) is 7.08. The number of benzene rings is 3. The number of β-amino-alcohol motifs (C(OH)–C–C–N with tert-alkyl or cyclic N) is 1. The highest BCUT2D eigenvalue weighted by atomic mass is 35.5. The SMILES string of the molecule is COc1cc2ncnc(Nc3ccc(F)c(Cl)c3)c2cc1NC(=O)/C=C/CN1CCC(N2CCN(C(=O)CCCCC(=O)N[C@H](C(=O)N3C[C@H](O)C[C@H]3C(=O)NCc3ccc(-c4scnc4C)cc3)C(C)(C)C)CC2)CC1. The Hall–Kier alpha value is -6.58. The number of carbonyl (C=O) groups is 5. The normalized spacial score (nSPS) is 18.1. The van der Waals surface area contributed by atoms with Gasteiger partial charge in [-0.25, -0.2) is 19.3 Å². The summed E-state index contributed by atoms with van der Waals surface area (Å²) in [5.41, 5.74) is 5.58. The molecule has 0 spiro atoms. The average molecular weight is 1090 g/mol. The Bertz CT molecular complexity index is 2940. The third-order valence-electron chi connectivity index (χ3n) is 14.5. The van der Waals surface area contributed by atoms with Crippen molar-refractivity contribution in [2.45, 2.75) is 103 Å². The van der Waals surface area contributed by atoms with Crippen LogP contribution >= 0.6 is 22.9 Å². The fraction of sp³-hybridized carbons (Fsp3) is 0.464. The summed E-state index contributed by atoms with van der Waals surface area (Å²) in [6.07, 6.45) is 7.44. The second-order valence-corrected chi connectivity index (χ2v) is 22.3. The number of hydrogen-bond acceptors (Lipinski definition) is 14. The van der Waals surface area contributed by atoms with E-state index in [0.717, 1.165) is 60.7 Å². The van der Waals surface area contributed by atoms with Crippen LogP contribution in [0.5, 0.6) is 5.75 Å². The first-order valence-electron chi connectivity index (χ1n) is 26.3. The van der Waals surface area contributed by atoms with Crippen molar-refractivity contribution in [2.24, 2.45) is 5.41 Å². The van der Waals surface area contributed by atoms with Crippen LogP contribution in [0.15, 0.2) is 78.6 Å². The number of carbonyl (C=O) groups excluding carboxylic acids is 5. The maximum Gasteiger partial charge on any atom is 0.248 e. The van der Waals surface area contributed by atoms with Gasteiger partial charge in [0, 0.05) is 94.3 Å². The number of amides is 5. The lowest BCUT2D eigenvalue weighted by molar-refractivity contribution is -0.144. The summed E-state index contributed by atoms with van der Waals surface area (Å²) in [5.74, 6) is -0.994. The van der Waals surface area contributed by atoms with Gasteiger partial charge in [-0.2, -0.15) is 0 Å².